The highest BCUT2D eigenvalue weighted by atomic mass is 16.1. The van der Waals surface area contributed by atoms with E-state index in [1.54, 1.807) is 17.1 Å². The van der Waals surface area contributed by atoms with Gasteiger partial charge in [-0.2, -0.15) is 5.10 Å². The minimum absolute atomic E-state index is 0.0441. The second-order valence-corrected chi connectivity index (χ2v) is 6.68. The Morgan fingerprint density at radius 3 is 2.72 bits per heavy atom. The topological polar surface area (TPSA) is 53.4 Å². The van der Waals surface area contributed by atoms with E-state index in [4.69, 9.17) is 0 Å². The summed E-state index contributed by atoms with van der Waals surface area (Å²) in [6.45, 7) is 8.13. The van der Waals surface area contributed by atoms with Crippen molar-refractivity contribution >= 4 is 11.6 Å². The molecule has 0 spiro atoms. The van der Waals surface area contributed by atoms with Crippen molar-refractivity contribution in [3.63, 3.8) is 0 Å². The standard InChI is InChI=1S/C19H27N5O/c1-16-5-3-6-18(13-16)24-11-9-23(10-12-24)8-4-7-20-19(25)17-14-21-22(2)15-17/h3,5-6,13-15H,4,7-12H2,1-2H3,(H,20,25). The van der Waals surface area contributed by atoms with E-state index in [-0.39, 0.29) is 5.91 Å². The summed E-state index contributed by atoms with van der Waals surface area (Å²) in [7, 11) is 1.81. The van der Waals surface area contributed by atoms with E-state index in [0.29, 0.717) is 12.1 Å². The predicted octanol–water partition coefficient (Wildman–Crippen LogP) is 1.67. The van der Waals surface area contributed by atoms with Gasteiger partial charge in [-0.15, -0.1) is 0 Å². The molecule has 0 radical (unpaired) electrons. The summed E-state index contributed by atoms with van der Waals surface area (Å²) >= 11 is 0. The molecular formula is C19H27N5O. The molecule has 134 valence electrons. The van der Waals surface area contributed by atoms with Crippen LogP contribution in [0.5, 0.6) is 0 Å². The predicted molar refractivity (Wildman–Crippen MR) is 100.0 cm³/mol. The van der Waals surface area contributed by atoms with Gasteiger partial charge >= 0.3 is 0 Å². The SMILES string of the molecule is Cc1cccc(N2CCN(CCCNC(=O)c3cnn(C)c3)CC2)c1. The zero-order valence-corrected chi connectivity index (χ0v) is 15.1. The van der Waals surface area contributed by atoms with Crippen LogP contribution in [0, 0.1) is 6.92 Å². The van der Waals surface area contributed by atoms with Crippen molar-refractivity contribution in [3.05, 3.63) is 47.8 Å². The molecule has 1 aromatic carbocycles. The lowest BCUT2D eigenvalue weighted by Crippen LogP contribution is -2.47. The van der Waals surface area contributed by atoms with Gasteiger partial charge in [-0.05, 0) is 37.6 Å². The smallest absolute Gasteiger partial charge is 0.254 e. The average molecular weight is 341 g/mol. The zero-order valence-electron chi connectivity index (χ0n) is 15.1. The Hall–Kier alpha value is -2.34. The van der Waals surface area contributed by atoms with Crippen LogP contribution < -0.4 is 10.2 Å². The minimum atomic E-state index is -0.0441. The van der Waals surface area contributed by atoms with Crippen molar-refractivity contribution in [1.29, 1.82) is 0 Å². The van der Waals surface area contributed by atoms with E-state index in [1.165, 1.54) is 11.3 Å². The Morgan fingerprint density at radius 1 is 1.24 bits per heavy atom. The van der Waals surface area contributed by atoms with E-state index in [2.05, 4.69) is 51.4 Å². The molecule has 1 N–H and O–H groups in total. The maximum Gasteiger partial charge on any atom is 0.254 e. The van der Waals surface area contributed by atoms with Crippen LogP contribution in [0.1, 0.15) is 22.3 Å². The normalized spacial score (nSPS) is 15.4. The highest BCUT2D eigenvalue weighted by Gasteiger charge is 2.17. The molecule has 2 aromatic rings. The van der Waals surface area contributed by atoms with Crippen LogP contribution in [0.3, 0.4) is 0 Å². The molecule has 1 saturated heterocycles. The van der Waals surface area contributed by atoms with Gasteiger partial charge in [0.15, 0.2) is 0 Å². The zero-order chi connectivity index (χ0) is 17.6. The second kappa shape index (κ2) is 8.16. The number of piperazine rings is 1. The van der Waals surface area contributed by atoms with Gasteiger partial charge in [-0.25, -0.2) is 0 Å². The molecule has 6 heteroatoms. The van der Waals surface area contributed by atoms with Gasteiger partial charge in [-0.3, -0.25) is 14.4 Å². The summed E-state index contributed by atoms with van der Waals surface area (Å²) in [5.74, 6) is -0.0441. The van der Waals surface area contributed by atoms with Crippen molar-refractivity contribution in [3.8, 4) is 0 Å². The average Bonchev–Trinajstić information content (AvgIpc) is 3.06. The monoisotopic (exact) mass is 341 g/mol. The fourth-order valence-electron chi connectivity index (χ4n) is 3.20. The number of amides is 1. The Kier molecular flexibility index (Phi) is 5.71. The number of benzene rings is 1. The van der Waals surface area contributed by atoms with Crippen LogP contribution in [0.25, 0.3) is 0 Å². The summed E-state index contributed by atoms with van der Waals surface area (Å²) in [5.41, 5.74) is 3.25. The number of hydrogen-bond donors (Lipinski definition) is 1. The van der Waals surface area contributed by atoms with Gasteiger partial charge in [-0.1, -0.05) is 12.1 Å². The summed E-state index contributed by atoms with van der Waals surface area (Å²) < 4.78 is 1.64. The number of anilines is 1. The number of nitrogens with zero attached hydrogens (tertiary/aromatic N) is 4. The molecule has 0 bridgehead atoms. The Morgan fingerprint density at radius 2 is 2.04 bits per heavy atom. The molecular weight excluding hydrogens is 314 g/mol. The Balaban J connectivity index is 1.35. The van der Waals surface area contributed by atoms with Gasteiger partial charge < -0.3 is 10.2 Å². The Bertz CT molecular complexity index is 703. The molecule has 0 saturated carbocycles. The largest absolute Gasteiger partial charge is 0.369 e. The number of aromatic nitrogens is 2. The summed E-state index contributed by atoms with van der Waals surface area (Å²) in [6, 6.07) is 8.71. The van der Waals surface area contributed by atoms with E-state index in [9.17, 15) is 4.79 Å². The first kappa shape index (κ1) is 17.5. The maximum absolute atomic E-state index is 12.0. The van der Waals surface area contributed by atoms with Crippen LogP contribution in [-0.4, -0.2) is 59.9 Å². The number of hydrogen-bond acceptors (Lipinski definition) is 4. The molecule has 6 nitrogen and oxygen atoms in total. The summed E-state index contributed by atoms with van der Waals surface area (Å²) in [4.78, 5) is 16.9. The summed E-state index contributed by atoms with van der Waals surface area (Å²) in [5, 5.41) is 6.98. The number of aryl methyl sites for hydroxylation is 2. The molecule has 1 fully saturated rings. The van der Waals surface area contributed by atoms with E-state index < -0.39 is 0 Å². The second-order valence-electron chi connectivity index (χ2n) is 6.68. The number of carbonyl (C=O) groups is 1. The quantitative estimate of drug-likeness (QED) is 0.812. The minimum Gasteiger partial charge on any atom is -0.369 e. The lowest BCUT2D eigenvalue weighted by atomic mass is 10.2. The molecule has 1 aliphatic rings. The molecule has 25 heavy (non-hydrogen) atoms. The number of nitrogens with one attached hydrogen (secondary N) is 1. The van der Waals surface area contributed by atoms with Gasteiger partial charge in [0, 0.05) is 51.7 Å². The lowest BCUT2D eigenvalue weighted by Gasteiger charge is -2.36. The van der Waals surface area contributed by atoms with Crippen molar-refractivity contribution in [2.75, 3.05) is 44.2 Å². The third kappa shape index (κ3) is 4.82. The first-order valence-corrected chi connectivity index (χ1v) is 8.92. The maximum atomic E-state index is 12.0. The van der Waals surface area contributed by atoms with Gasteiger partial charge in [0.2, 0.25) is 0 Å². The lowest BCUT2D eigenvalue weighted by molar-refractivity contribution is 0.0951. The third-order valence-corrected chi connectivity index (χ3v) is 4.64. The molecule has 0 aliphatic carbocycles. The highest BCUT2D eigenvalue weighted by molar-refractivity contribution is 5.93. The molecule has 0 unspecified atom stereocenters. The van der Waals surface area contributed by atoms with Gasteiger partial charge in [0.05, 0.1) is 11.8 Å². The van der Waals surface area contributed by atoms with Gasteiger partial charge in [0.1, 0.15) is 0 Å². The molecule has 1 amide bonds. The van der Waals surface area contributed by atoms with Crippen LogP contribution in [0.15, 0.2) is 36.7 Å². The number of carbonyl (C=O) groups excluding carboxylic acids is 1. The van der Waals surface area contributed by atoms with E-state index in [0.717, 1.165) is 39.1 Å². The Labute approximate surface area is 149 Å². The van der Waals surface area contributed by atoms with Crippen molar-refractivity contribution in [2.45, 2.75) is 13.3 Å². The fourth-order valence-corrected chi connectivity index (χ4v) is 3.20. The third-order valence-electron chi connectivity index (χ3n) is 4.64. The van der Waals surface area contributed by atoms with Crippen LogP contribution >= 0.6 is 0 Å². The fraction of sp³-hybridized carbons (Fsp3) is 0.474. The van der Waals surface area contributed by atoms with Gasteiger partial charge in [0.25, 0.3) is 5.91 Å². The molecule has 3 rings (SSSR count). The molecule has 1 aromatic heterocycles. The van der Waals surface area contributed by atoms with Crippen LogP contribution in [0.4, 0.5) is 5.69 Å². The molecule has 1 aliphatic heterocycles. The molecule has 2 heterocycles. The number of rotatable bonds is 6. The first-order valence-electron chi connectivity index (χ1n) is 8.92. The van der Waals surface area contributed by atoms with Crippen molar-refractivity contribution < 1.29 is 4.79 Å². The van der Waals surface area contributed by atoms with Crippen molar-refractivity contribution in [2.24, 2.45) is 7.05 Å². The summed E-state index contributed by atoms with van der Waals surface area (Å²) in [6.07, 6.45) is 4.30. The van der Waals surface area contributed by atoms with E-state index in [1.807, 2.05) is 7.05 Å². The van der Waals surface area contributed by atoms with Crippen LogP contribution in [0.2, 0.25) is 0 Å². The first-order chi connectivity index (χ1) is 12.1. The van der Waals surface area contributed by atoms with E-state index >= 15 is 0 Å². The van der Waals surface area contributed by atoms with Crippen molar-refractivity contribution in [1.82, 2.24) is 20.0 Å². The molecule has 0 atom stereocenters. The van der Waals surface area contributed by atoms with Crippen LogP contribution in [-0.2, 0) is 7.05 Å². The highest BCUT2D eigenvalue weighted by Crippen LogP contribution is 2.17.